The van der Waals surface area contributed by atoms with Gasteiger partial charge in [0.2, 0.25) is 17.7 Å². The van der Waals surface area contributed by atoms with E-state index in [1.54, 1.807) is 24.0 Å². The van der Waals surface area contributed by atoms with Crippen molar-refractivity contribution >= 4 is 39.6 Å². The smallest absolute Gasteiger partial charge is 0.312 e. The van der Waals surface area contributed by atoms with Gasteiger partial charge >= 0.3 is 5.97 Å². The molecule has 1 spiro atoms. The van der Waals surface area contributed by atoms with Crippen molar-refractivity contribution in [2.24, 2.45) is 17.3 Å². The molecule has 3 fully saturated rings. The summed E-state index contributed by atoms with van der Waals surface area (Å²) in [7, 11) is 0. The van der Waals surface area contributed by atoms with Crippen molar-refractivity contribution in [2.75, 3.05) is 26.2 Å². The number of esters is 1. The topological polar surface area (TPSA) is 125 Å². The number of unbranched alkanes of at least 4 members (excludes halogenated alkanes) is 2. The molecule has 3 aliphatic rings. The molecule has 3 rings (SSSR count). The monoisotopic (exact) mass is 695 g/mol. The van der Waals surface area contributed by atoms with Gasteiger partial charge in [-0.15, -0.1) is 13.2 Å². The molecule has 3 saturated heterocycles. The minimum absolute atomic E-state index is 0.0494. The first-order valence-electron chi connectivity index (χ1n) is 16.3. The number of likely N-dealkylation sites (tertiary alicyclic amines) is 1. The van der Waals surface area contributed by atoms with E-state index in [1.807, 2.05) is 18.7 Å². The molecule has 0 aromatic carbocycles. The van der Waals surface area contributed by atoms with Crippen LogP contribution >= 0.6 is 15.9 Å². The molecule has 2 bridgehead atoms. The van der Waals surface area contributed by atoms with Crippen molar-refractivity contribution in [1.29, 1.82) is 0 Å². The van der Waals surface area contributed by atoms with Crippen molar-refractivity contribution in [1.82, 2.24) is 15.1 Å². The van der Waals surface area contributed by atoms with Crippen molar-refractivity contribution in [3.05, 3.63) is 25.3 Å². The van der Waals surface area contributed by atoms with Crippen molar-refractivity contribution in [2.45, 2.75) is 121 Å². The standard InChI is InChI=1S/C34H54BrN3O7/c1-9-11-15-24(40)36-20-22(3)44-31(43)25-26-29(41)37(17-13-12-14-18-39)28(34(26)19-23(35)27(25)45-34)30(42)38(16-10-2)33(7,8)21-32(4,5)6/h9-10,22-23,25-28,39H,1-2,11-21H2,3-8H3,(H,36,40)/t22-,23?,25-,26+,27-,28-,34+/m1/s1. The van der Waals surface area contributed by atoms with Crippen molar-refractivity contribution in [3.63, 3.8) is 0 Å². The van der Waals surface area contributed by atoms with Crippen LogP contribution in [-0.4, -0.2) is 99.1 Å². The lowest BCUT2D eigenvalue weighted by Gasteiger charge is -2.45. The van der Waals surface area contributed by atoms with E-state index in [1.165, 1.54) is 0 Å². The van der Waals surface area contributed by atoms with Gasteiger partial charge in [0.05, 0.1) is 24.5 Å². The predicted octanol–water partition coefficient (Wildman–Crippen LogP) is 4.14. The van der Waals surface area contributed by atoms with Crippen LogP contribution in [0.3, 0.4) is 0 Å². The van der Waals surface area contributed by atoms with Gasteiger partial charge in [-0.1, -0.05) is 48.9 Å². The fourth-order valence-corrected chi connectivity index (χ4v) is 8.64. The number of rotatable bonds is 17. The van der Waals surface area contributed by atoms with E-state index >= 15 is 0 Å². The molecule has 0 radical (unpaired) electrons. The van der Waals surface area contributed by atoms with Gasteiger partial charge in [-0.05, 0) is 64.7 Å². The third-order valence-electron chi connectivity index (χ3n) is 9.10. The van der Waals surface area contributed by atoms with Gasteiger partial charge in [-0.3, -0.25) is 19.2 Å². The van der Waals surface area contributed by atoms with Gasteiger partial charge in [-0.25, -0.2) is 0 Å². The van der Waals surface area contributed by atoms with Crippen LogP contribution in [0.2, 0.25) is 0 Å². The molecule has 0 saturated carbocycles. The zero-order chi connectivity index (χ0) is 33.7. The van der Waals surface area contributed by atoms with Crippen LogP contribution < -0.4 is 5.32 Å². The number of carbonyl (C=O) groups is 4. The maximum Gasteiger partial charge on any atom is 0.312 e. The lowest BCUT2D eigenvalue weighted by atomic mass is 9.70. The summed E-state index contributed by atoms with van der Waals surface area (Å²) in [6, 6.07) is -0.923. The number of alkyl halides is 1. The third kappa shape index (κ3) is 8.19. The Hall–Kier alpha value is -2.24. The largest absolute Gasteiger partial charge is 0.460 e. The highest BCUT2D eigenvalue weighted by Gasteiger charge is 2.77. The van der Waals surface area contributed by atoms with Gasteiger partial charge in [0.25, 0.3) is 0 Å². The molecular weight excluding hydrogens is 642 g/mol. The van der Waals surface area contributed by atoms with Gasteiger partial charge < -0.3 is 29.7 Å². The zero-order valence-corrected chi connectivity index (χ0v) is 29.6. The predicted molar refractivity (Wildman–Crippen MR) is 176 cm³/mol. The average Bonchev–Trinajstić information content (AvgIpc) is 3.53. The molecular formula is C34H54BrN3O7. The van der Waals surface area contributed by atoms with Crippen molar-refractivity contribution in [3.8, 4) is 0 Å². The summed E-state index contributed by atoms with van der Waals surface area (Å²) < 4.78 is 12.5. The number of allylic oxidation sites excluding steroid dienone is 1. The van der Waals surface area contributed by atoms with Gasteiger partial charge in [0.15, 0.2) is 0 Å². The Morgan fingerprint density at radius 1 is 1.20 bits per heavy atom. The number of aliphatic hydroxyl groups excluding tert-OH is 1. The van der Waals surface area contributed by atoms with E-state index in [0.29, 0.717) is 58.0 Å². The molecule has 0 aromatic heterocycles. The van der Waals surface area contributed by atoms with Crippen LogP contribution in [0.5, 0.6) is 0 Å². The quantitative estimate of drug-likeness (QED) is 0.101. The van der Waals surface area contributed by atoms with Crippen LogP contribution in [0.15, 0.2) is 25.3 Å². The molecule has 2 N–H and O–H groups in total. The molecule has 3 amide bonds. The van der Waals surface area contributed by atoms with Gasteiger partial charge in [0, 0.05) is 36.5 Å². The summed E-state index contributed by atoms with van der Waals surface area (Å²) in [6.07, 6.45) is 5.96. The maximum absolute atomic E-state index is 14.8. The Balaban J connectivity index is 1.95. The molecule has 0 aliphatic carbocycles. The summed E-state index contributed by atoms with van der Waals surface area (Å²) in [5.41, 5.74) is -1.83. The van der Waals surface area contributed by atoms with E-state index in [2.05, 4.69) is 55.2 Å². The van der Waals surface area contributed by atoms with Crippen LogP contribution in [0.25, 0.3) is 0 Å². The summed E-state index contributed by atoms with van der Waals surface area (Å²) in [5.74, 6) is -3.00. The molecule has 0 aromatic rings. The van der Waals surface area contributed by atoms with Crippen LogP contribution in [0.1, 0.15) is 86.5 Å². The summed E-state index contributed by atoms with van der Waals surface area (Å²) in [4.78, 5) is 58.2. The number of nitrogens with zero attached hydrogens (tertiary/aromatic N) is 2. The Bertz CT molecular complexity index is 1120. The average molecular weight is 697 g/mol. The highest BCUT2D eigenvalue weighted by molar-refractivity contribution is 9.09. The number of hydrogen-bond donors (Lipinski definition) is 2. The number of fused-ring (bicyclic) bond motifs is 1. The van der Waals surface area contributed by atoms with Crippen LogP contribution in [0.4, 0.5) is 0 Å². The van der Waals surface area contributed by atoms with Crippen LogP contribution in [-0.2, 0) is 28.7 Å². The normalized spacial score (nSPS) is 28.0. The fraction of sp³-hybridized carbons (Fsp3) is 0.765. The Morgan fingerprint density at radius 2 is 1.89 bits per heavy atom. The highest BCUT2D eigenvalue weighted by Crippen LogP contribution is 2.60. The molecule has 3 heterocycles. The number of nitrogens with one attached hydrogen (secondary N) is 1. The Labute approximate surface area is 277 Å². The second kappa shape index (κ2) is 15.1. The lowest BCUT2D eigenvalue weighted by molar-refractivity contribution is -0.159. The first kappa shape index (κ1) is 37.2. The zero-order valence-electron chi connectivity index (χ0n) is 28.0. The van der Waals surface area contributed by atoms with E-state index in [4.69, 9.17) is 9.47 Å². The minimum atomic E-state index is -1.20. The second-order valence-electron chi connectivity index (χ2n) is 14.6. The second-order valence-corrected chi connectivity index (χ2v) is 15.8. The first-order valence-corrected chi connectivity index (χ1v) is 17.2. The number of hydrogen-bond acceptors (Lipinski definition) is 7. The van der Waals surface area contributed by atoms with E-state index in [0.717, 1.165) is 0 Å². The van der Waals surface area contributed by atoms with Crippen molar-refractivity contribution < 1.29 is 33.8 Å². The van der Waals surface area contributed by atoms with Gasteiger partial charge in [0.1, 0.15) is 17.7 Å². The molecule has 254 valence electrons. The fourth-order valence-electron chi connectivity index (χ4n) is 7.69. The maximum atomic E-state index is 14.8. The Kier molecular flexibility index (Phi) is 12.5. The first-order chi connectivity index (χ1) is 21.0. The third-order valence-corrected chi connectivity index (χ3v) is 9.95. The number of halogens is 1. The summed E-state index contributed by atoms with van der Waals surface area (Å²) >= 11 is 3.72. The van der Waals surface area contributed by atoms with Gasteiger partial charge in [-0.2, -0.15) is 0 Å². The molecule has 11 heteroatoms. The molecule has 7 atom stereocenters. The molecule has 3 aliphatic heterocycles. The number of carbonyl (C=O) groups excluding carboxylic acids is 4. The van der Waals surface area contributed by atoms with E-state index in [-0.39, 0.29) is 41.1 Å². The highest BCUT2D eigenvalue weighted by atomic mass is 79.9. The molecule has 1 unspecified atom stereocenters. The number of amides is 3. The Morgan fingerprint density at radius 3 is 2.49 bits per heavy atom. The molecule has 45 heavy (non-hydrogen) atoms. The number of ether oxygens (including phenoxy) is 2. The molecule has 10 nitrogen and oxygen atoms in total. The summed E-state index contributed by atoms with van der Waals surface area (Å²) in [5, 5.41) is 12.1. The SMILES string of the molecule is C=CCCC(=O)NC[C@@H](C)OC(=O)[C@H]1[C@@H]2O[C@@]3(CC2Br)[C@@H]1C(=O)N(CCCCCO)[C@@H]3C(=O)N(CC=C)C(C)(C)CC(C)(C)C. The summed E-state index contributed by atoms with van der Waals surface area (Å²) in [6.45, 7) is 20.5. The minimum Gasteiger partial charge on any atom is -0.460 e. The van der Waals surface area contributed by atoms with E-state index < -0.39 is 47.2 Å². The number of aliphatic hydroxyl groups is 1. The van der Waals surface area contributed by atoms with Crippen LogP contribution in [0, 0.1) is 17.3 Å². The van der Waals surface area contributed by atoms with E-state index in [9.17, 15) is 24.3 Å². The lowest BCUT2D eigenvalue weighted by Crippen LogP contribution is -2.61.